The minimum Gasteiger partial charge on any atom is -0.493 e. The van der Waals surface area contributed by atoms with Gasteiger partial charge in [0.2, 0.25) is 11.8 Å². The molecule has 1 atom stereocenters. The molecule has 0 bridgehead atoms. The molecule has 7 nitrogen and oxygen atoms in total. The van der Waals surface area contributed by atoms with E-state index in [0.29, 0.717) is 30.3 Å². The number of carbonyl (C=O) groups excluding carboxylic acids is 2. The Hall–Kier alpha value is -4.00. The molecule has 1 aliphatic heterocycles. The summed E-state index contributed by atoms with van der Waals surface area (Å²) in [6, 6.07) is 24.6. The molecule has 1 aliphatic rings. The number of hydrogen-bond acceptors (Lipinski definition) is 5. The number of carbonyl (C=O) groups is 2. The van der Waals surface area contributed by atoms with Crippen molar-refractivity contribution >= 4 is 23.2 Å². The second-order valence-electron chi connectivity index (χ2n) is 7.50. The summed E-state index contributed by atoms with van der Waals surface area (Å²) in [6.45, 7) is 0.778. The van der Waals surface area contributed by atoms with Gasteiger partial charge in [0, 0.05) is 24.7 Å². The number of anilines is 2. The zero-order valence-electron chi connectivity index (χ0n) is 17.8. The molecule has 1 fully saturated rings. The molecule has 3 aromatic rings. The molecule has 0 radical (unpaired) electrons. The van der Waals surface area contributed by atoms with E-state index in [1.54, 1.807) is 30.2 Å². The maximum atomic E-state index is 12.6. The summed E-state index contributed by atoms with van der Waals surface area (Å²) in [5, 5.41) is 0. The van der Waals surface area contributed by atoms with Crippen molar-refractivity contribution in [2.24, 2.45) is 5.92 Å². The van der Waals surface area contributed by atoms with Gasteiger partial charge in [0.05, 0.1) is 18.7 Å². The van der Waals surface area contributed by atoms with Crippen molar-refractivity contribution in [3.8, 4) is 11.5 Å². The standard InChI is InChI=1S/C25H25N3O4/c1-31-23-15-20(12-13-22(23)32-17-18-8-4-2-5-9-18)26-27-25(30)19-14-24(29)28(16-19)21-10-6-3-7-11-21/h2-13,15,19,26H,14,16-17H2,1H3,(H,27,30)/t19-/m1/s1. The molecule has 7 heteroatoms. The molecule has 3 aromatic carbocycles. The quantitative estimate of drug-likeness (QED) is 0.531. The van der Waals surface area contributed by atoms with Gasteiger partial charge in [0.15, 0.2) is 11.5 Å². The zero-order chi connectivity index (χ0) is 22.3. The number of rotatable bonds is 8. The van der Waals surface area contributed by atoms with Crippen LogP contribution in [0.3, 0.4) is 0 Å². The van der Waals surface area contributed by atoms with Crippen molar-refractivity contribution in [1.29, 1.82) is 0 Å². The fourth-order valence-electron chi connectivity index (χ4n) is 3.58. The highest BCUT2D eigenvalue weighted by Crippen LogP contribution is 2.31. The van der Waals surface area contributed by atoms with E-state index < -0.39 is 5.92 Å². The molecular formula is C25H25N3O4. The fourth-order valence-corrected chi connectivity index (χ4v) is 3.58. The normalized spacial score (nSPS) is 15.3. The molecular weight excluding hydrogens is 406 g/mol. The number of methoxy groups -OCH3 is 1. The number of nitrogens with one attached hydrogen (secondary N) is 2. The van der Waals surface area contributed by atoms with Gasteiger partial charge in [-0.05, 0) is 29.8 Å². The topological polar surface area (TPSA) is 79.9 Å². The highest BCUT2D eigenvalue weighted by Gasteiger charge is 2.35. The first-order chi connectivity index (χ1) is 15.6. The SMILES string of the molecule is COc1cc(NNC(=O)[C@@H]2CC(=O)N(c3ccccc3)C2)ccc1OCc1ccccc1. The van der Waals surface area contributed by atoms with Crippen LogP contribution < -0.4 is 25.2 Å². The molecule has 0 aliphatic carbocycles. The summed E-state index contributed by atoms with van der Waals surface area (Å²) in [5.74, 6) is 0.434. The summed E-state index contributed by atoms with van der Waals surface area (Å²) in [7, 11) is 1.56. The number of benzene rings is 3. The first-order valence-electron chi connectivity index (χ1n) is 10.4. The minimum absolute atomic E-state index is 0.0575. The third-order valence-corrected chi connectivity index (χ3v) is 5.29. The van der Waals surface area contributed by atoms with E-state index in [-0.39, 0.29) is 18.2 Å². The lowest BCUT2D eigenvalue weighted by atomic mass is 10.1. The average molecular weight is 431 g/mol. The fraction of sp³-hybridized carbons (Fsp3) is 0.200. The maximum absolute atomic E-state index is 12.6. The van der Waals surface area contributed by atoms with Gasteiger partial charge in [-0.2, -0.15) is 0 Å². The van der Waals surface area contributed by atoms with Gasteiger partial charge in [-0.3, -0.25) is 20.4 Å². The van der Waals surface area contributed by atoms with Gasteiger partial charge >= 0.3 is 0 Å². The number of hydrogen-bond donors (Lipinski definition) is 2. The Balaban J connectivity index is 1.33. The maximum Gasteiger partial charge on any atom is 0.243 e. The van der Waals surface area contributed by atoms with Gasteiger partial charge in [-0.25, -0.2) is 0 Å². The monoisotopic (exact) mass is 431 g/mol. The minimum atomic E-state index is -0.425. The van der Waals surface area contributed by atoms with E-state index in [4.69, 9.17) is 9.47 Å². The van der Waals surface area contributed by atoms with Crippen molar-refractivity contribution in [3.05, 3.63) is 84.4 Å². The van der Waals surface area contributed by atoms with E-state index in [9.17, 15) is 9.59 Å². The predicted molar refractivity (Wildman–Crippen MR) is 122 cm³/mol. The Morgan fingerprint density at radius 1 is 1.00 bits per heavy atom. The van der Waals surface area contributed by atoms with E-state index in [2.05, 4.69) is 10.9 Å². The highest BCUT2D eigenvalue weighted by atomic mass is 16.5. The molecule has 0 saturated carbocycles. The largest absolute Gasteiger partial charge is 0.493 e. The summed E-state index contributed by atoms with van der Waals surface area (Å²) in [4.78, 5) is 26.6. The first kappa shape index (κ1) is 21.2. The van der Waals surface area contributed by atoms with Crippen LogP contribution >= 0.6 is 0 Å². The smallest absolute Gasteiger partial charge is 0.243 e. The molecule has 164 valence electrons. The third-order valence-electron chi connectivity index (χ3n) is 5.29. The number of para-hydroxylation sites is 1. The second-order valence-corrected chi connectivity index (χ2v) is 7.50. The summed E-state index contributed by atoms with van der Waals surface area (Å²) < 4.78 is 11.3. The van der Waals surface area contributed by atoms with E-state index in [1.807, 2.05) is 60.7 Å². The molecule has 2 N–H and O–H groups in total. The molecule has 4 rings (SSSR count). The van der Waals surface area contributed by atoms with Gasteiger partial charge in [-0.15, -0.1) is 0 Å². The van der Waals surface area contributed by atoms with Gasteiger partial charge in [-0.1, -0.05) is 48.5 Å². The van der Waals surface area contributed by atoms with Crippen molar-refractivity contribution in [1.82, 2.24) is 5.43 Å². The molecule has 32 heavy (non-hydrogen) atoms. The Kier molecular flexibility index (Phi) is 6.55. The van der Waals surface area contributed by atoms with Crippen molar-refractivity contribution in [3.63, 3.8) is 0 Å². The number of nitrogens with zero attached hydrogens (tertiary/aromatic N) is 1. The van der Waals surface area contributed by atoms with Gasteiger partial charge in [0.1, 0.15) is 6.61 Å². The second kappa shape index (κ2) is 9.87. The third kappa shape index (κ3) is 5.00. The van der Waals surface area contributed by atoms with Crippen LogP contribution in [0.25, 0.3) is 0 Å². The highest BCUT2D eigenvalue weighted by molar-refractivity contribution is 6.00. The Bertz CT molecular complexity index is 1070. The molecule has 1 heterocycles. The van der Waals surface area contributed by atoms with Crippen molar-refractivity contribution < 1.29 is 19.1 Å². The summed E-state index contributed by atoms with van der Waals surface area (Å²) in [6.07, 6.45) is 0.179. The van der Waals surface area contributed by atoms with E-state index in [0.717, 1.165) is 11.3 Å². The van der Waals surface area contributed by atoms with Crippen LogP contribution in [0.2, 0.25) is 0 Å². The van der Waals surface area contributed by atoms with Crippen LogP contribution in [0, 0.1) is 5.92 Å². The van der Waals surface area contributed by atoms with E-state index in [1.165, 1.54) is 0 Å². The van der Waals surface area contributed by atoms with Crippen LogP contribution in [-0.2, 0) is 16.2 Å². The van der Waals surface area contributed by atoms with E-state index >= 15 is 0 Å². The number of ether oxygens (including phenoxy) is 2. The predicted octanol–water partition coefficient (Wildman–Crippen LogP) is 3.77. The Morgan fingerprint density at radius 2 is 1.72 bits per heavy atom. The first-order valence-corrected chi connectivity index (χ1v) is 10.4. The zero-order valence-corrected chi connectivity index (χ0v) is 17.8. The van der Waals surface area contributed by atoms with Gasteiger partial charge in [0.25, 0.3) is 0 Å². The summed E-state index contributed by atoms with van der Waals surface area (Å²) in [5.41, 5.74) is 8.10. The Morgan fingerprint density at radius 3 is 2.44 bits per heavy atom. The molecule has 1 saturated heterocycles. The van der Waals surface area contributed by atoms with Crippen LogP contribution in [0.15, 0.2) is 78.9 Å². The van der Waals surface area contributed by atoms with Crippen LogP contribution in [0.4, 0.5) is 11.4 Å². The van der Waals surface area contributed by atoms with Crippen molar-refractivity contribution in [2.75, 3.05) is 24.0 Å². The number of hydrazine groups is 1. The summed E-state index contributed by atoms with van der Waals surface area (Å²) >= 11 is 0. The number of amides is 2. The lowest BCUT2D eigenvalue weighted by molar-refractivity contribution is -0.125. The molecule has 2 amide bonds. The van der Waals surface area contributed by atoms with Crippen LogP contribution in [-0.4, -0.2) is 25.5 Å². The van der Waals surface area contributed by atoms with Gasteiger partial charge < -0.3 is 14.4 Å². The van der Waals surface area contributed by atoms with Crippen LogP contribution in [0.5, 0.6) is 11.5 Å². The molecule has 0 spiro atoms. The lowest BCUT2D eigenvalue weighted by Crippen LogP contribution is -2.36. The molecule has 0 aromatic heterocycles. The van der Waals surface area contributed by atoms with Crippen LogP contribution in [0.1, 0.15) is 12.0 Å². The average Bonchev–Trinajstić information content (AvgIpc) is 3.24. The molecule has 0 unspecified atom stereocenters. The lowest BCUT2D eigenvalue weighted by Gasteiger charge is -2.17. The van der Waals surface area contributed by atoms with Crippen molar-refractivity contribution in [2.45, 2.75) is 13.0 Å². The Labute approximate surface area is 186 Å².